The maximum atomic E-state index is 12.5. The molecule has 3 heteroatoms. The molecule has 1 atom stereocenters. The monoisotopic (exact) mass is 195 g/mol. The second-order valence-corrected chi connectivity index (χ2v) is 3.63. The van der Waals surface area contributed by atoms with Crippen molar-refractivity contribution in [2.24, 2.45) is 0 Å². The molecule has 0 spiro atoms. The van der Waals surface area contributed by atoms with Gasteiger partial charge in [0, 0.05) is 13.1 Å². The largest absolute Gasteiger partial charge is 0.491 e. The van der Waals surface area contributed by atoms with Gasteiger partial charge in [0.05, 0.1) is 0 Å². The highest BCUT2D eigenvalue weighted by atomic mass is 19.1. The summed E-state index contributed by atoms with van der Waals surface area (Å²) in [6.45, 7) is 3.44. The van der Waals surface area contributed by atoms with Crippen molar-refractivity contribution < 1.29 is 9.13 Å². The Morgan fingerprint density at radius 2 is 2.21 bits per heavy atom. The Morgan fingerprint density at radius 3 is 3.00 bits per heavy atom. The van der Waals surface area contributed by atoms with E-state index < -0.39 is 6.17 Å². The predicted molar refractivity (Wildman–Crippen MR) is 53.1 cm³/mol. The molecular weight excluding hydrogens is 181 g/mol. The third-order valence-electron chi connectivity index (χ3n) is 2.29. The van der Waals surface area contributed by atoms with Crippen LogP contribution in [-0.4, -0.2) is 12.8 Å². The van der Waals surface area contributed by atoms with E-state index in [1.807, 2.05) is 18.2 Å². The Balaban J connectivity index is 2.05. The molecule has 0 saturated heterocycles. The summed E-state index contributed by atoms with van der Waals surface area (Å²) in [6.07, 6.45) is -0.915. The van der Waals surface area contributed by atoms with Crippen molar-refractivity contribution in [1.82, 2.24) is 5.32 Å². The SMILES string of the molecule is CC(F)COc1ccc2c(c1)CNC2. The normalized spacial score (nSPS) is 16.4. The molecule has 0 aromatic heterocycles. The van der Waals surface area contributed by atoms with Gasteiger partial charge in [0.1, 0.15) is 18.5 Å². The van der Waals surface area contributed by atoms with Crippen LogP contribution in [0.4, 0.5) is 4.39 Å². The number of nitrogens with one attached hydrogen (secondary N) is 1. The number of rotatable bonds is 3. The van der Waals surface area contributed by atoms with Crippen molar-refractivity contribution in [2.75, 3.05) is 6.61 Å². The van der Waals surface area contributed by atoms with Crippen LogP contribution in [-0.2, 0) is 13.1 Å². The van der Waals surface area contributed by atoms with Crippen LogP contribution in [0.3, 0.4) is 0 Å². The summed E-state index contributed by atoms with van der Waals surface area (Å²) >= 11 is 0. The van der Waals surface area contributed by atoms with E-state index in [1.54, 1.807) is 0 Å². The molecular formula is C11H14FNO. The molecule has 0 saturated carbocycles. The van der Waals surface area contributed by atoms with Crippen molar-refractivity contribution in [2.45, 2.75) is 26.2 Å². The molecule has 2 rings (SSSR count). The maximum Gasteiger partial charge on any atom is 0.131 e. The lowest BCUT2D eigenvalue weighted by atomic mass is 10.1. The zero-order valence-electron chi connectivity index (χ0n) is 8.22. The molecule has 0 fully saturated rings. The van der Waals surface area contributed by atoms with Gasteiger partial charge in [0.2, 0.25) is 0 Å². The van der Waals surface area contributed by atoms with Crippen LogP contribution in [0.5, 0.6) is 5.75 Å². The Morgan fingerprint density at radius 1 is 1.43 bits per heavy atom. The van der Waals surface area contributed by atoms with Crippen molar-refractivity contribution in [3.8, 4) is 5.75 Å². The molecule has 1 aliphatic rings. The van der Waals surface area contributed by atoms with Crippen LogP contribution in [0.25, 0.3) is 0 Å². The fraction of sp³-hybridized carbons (Fsp3) is 0.455. The summed E-state index contributed by atoms with van der Waals surface area (Å²) in [5.41, 5.74) is 2.57. The summed E-state index contributed by atoms with van der Waals surface area (Å²) in [4.78, 5) is 0. The van der Waals surface area contributed by atoms with Gasteiger partial charge in [-0.05, 0) is 30.2 Å². The molecule has 0 aliphatic carbocycles. The third kappa shape index (κ3) is 2.04. The standard InChI is InChI=1S/C11H14FNO/c1-8(12)7-14-11-3-2-9-5-13-6-10(9)4-11/h2-4,8,13H,5-7H2,1H3. The van der Waals surface area contributed by atoms with Crippen molar-refractivity contribution in [1.29, 1.82) is 0 Å². The molecule has 1 heterocycles. The van der Waals surface area contributed by atoms with Gasteiger partial charge in [-0.25, -0.2) is 4.39 Å². The minimum atomic E-state index is -0.915. The first-order valence-electron chi connectivity index (χ1n) is 4.85. The van der Waals surface area contributed by atoms with Gasteiger partial charge >= 0.3 is 0 Å². The first kappa shape index (κ1) is 9.46. The summed E-state index contributed by atoms with van der Waals surface area (Å²) in [7, 11) is 0. The van der Waals surface area contributed by atoms with Crippen molar-refractivity contribution >= 4 is 0 Å². The molecule has 14 heavy (non-hydrogen) atoms. The fourth-order valence-corrected chi connectivity index (χ4v) is 1.57. The van der Waals surface area contributed by atoms with Crippen molar-refractivity contribution in [3.63, 3.8) is 0 Å². The molecule has 1 aliphatic heterocycles. The summed E-state index contributed by atoms with van der Waals surface area (Å²) in [5.74, 6) is 0.761. The van der Waals surface area contributed by atoms with Gasteiger partial charge in [-0.2, -0.15) is 0 Å². The molecule has 2 nitrogen and oxygen atoms in total. The van der Waals surface area contributed by atoms with Gasteiger partial charge in [-0.3, -0.25) is 0 Å². The molecule has 0 radical (unpaired) electrons. The van der Waals surface area contributed by atoms with E-state index in [2.05, 4.69) is 5.32 Å². The Labute approximate surface area is 83.1 Å². The lowest BCUT2D eigenvalue weighted by molar-refractivity contribution is 0.209. The van der Waals surface area contributed by atoms with Gasteiger partial charge < -0.3 is 10.1 Å². The van der Waals surface area contributed by atoms with Gasteiger partial charge in [0.25, 0.3) is 0 Å². The van der Waals surface area contributed by atoms with Crippen LogP contribution >= 0.6 is 0 Å². The van der Waals surface area contributed by atoms with Crippen LogP contribution in [0.15, 0.2) is 18.2 Å². The second-order valence-electron chi connectivity index (χ2n) is 3.63. The first-order chi connectivity index (χ1) is 6.75. The molecule has 0 amide bonds. The Hall–Kier alpha value is -1.09. The van der Waals surface area contributed by atoms with E-state index in [0.717, 1.165) is 18.8 Å². The number of ether oxygens (including phenoxy) is 1. The highest BCUT2D eigenvalue weighted by Crippen LogP contribution is 2.21. The maximum absolute atomic E-state index is 12.5. The molecule has 1 unspecified atom stereocenters. The van der Waals surface area contributed by atoms with E-state index >= 15 is 0 Å². The van der Waals surface area contributed by atoms with E-state index in [9.17, 15) is 4.39 Å². The molecule has 1 N–H and O–H groups in total. The lowest BCUT2D eigenvalue weighted by Gasteiger charge is -2.07. The average molecular weight is 195 g/mol. The van der Waals surface area contributed by atoms with E-state index in [0.29, 0.717) is 0 Å². The zero-order chi connectivity index (χ0) is 9.97. The van der Waals surface area contributed by atoms with Crippen LogP contribution in [0.1, 0.15) is 18.1 Å². The highest BCUT2D eigenvalue weighted by Gasteiger charge is 2.10. The summed E-state index contributed by atoms with van der Waals surface area (Å²) in [5, 5.41) is 3.25. The highest BCUT2D eigenvalue weighted by molar-refractivity contribution is 5.37. The number of alkyl halides is 1. The zero-order valence-corrected chi connectivity index (χ0v) is 8.22. The number of hydrogen-bond acceptors (Lipinski definition) is 2. The molecule has 1 aromatic carbocycles. The fourth-order valence-electron chi connectivity index (χ4n) is 1.57. The van der Waals surface area contributed by atoms with E-state index in [1.165, 1.54) is 18.1 Å². The minimum Gasteiger partial charge on any atom is -0.491 e. The predicted octanol–water partition coefficient (Wildman–Crippen LogP) is 2.03. The van der Waals surface area contributed by atoms with Gasteiger partial charge in [-0.1, -0.05) is 6.07 Å². The van der Waals surface area contributed by atoms with Gasteiger partial charge in [0.15, 0.2) is 0 Å². The Kier molecular flexibility index (Phi) is 2.68. The minimum absolute atomic E-state index is 0.131. The topological polar surface area (TPSA) is 21.3 Å². The Bertz CT molecular complexity index is 325. The molecule has 0 bridgehead atoms. The van der Waals surface area contributed by atoms with E-state index in [4.69, 9.17) is 4.74 Å². The number of benzene rings is 1. The number of fused-ring (bicyclic) bond motifs is 1. The smallest absolute Gasteiger partial charge is 0.131 e. The average Bonchev–Trinajstić information content (AvgIpc) is 2.61. The van der Waals surface area contributed by atoms with E-state index in [-0.39, 0.29) is 6.61 Å². The van der Waals surface area contributed by atoms with Crippen LogP contribution in [0.2, 0.25) is 0 Å². The lowest BCUT2D eigenvalue weighted by Crippen LogP contribution is -2.08. The van der Waals surface area contributed by atoms with Crippen LogP contribution in [0, 0.1) is 0 Å². The second kappa shape index (κ2) is 3.96. The molecule has 76 valence electrons. The van der Waals surface area contributed by atoms with Crippen LogP contribution < -0.4 is 10.1 Å². The summed E-state index contributed by atoms with van der Waals surface area (Å²) < 4.78 is 17.8. The third-order valence-corrected chi connectivity index (χ3v) is 2.29. The quantitative estimate of drug-likeness (QED) is 0.796. The van der Waals surface area contributed by atoms with Crippen molar-refractivity contribution in [3.05, 3.63) is 29.3 Å². The number of halogens is 1. The summed E-state index contributed by atoms with van der Waals surface area (Å²) in [6, 6.07) is 5.92. The number of hydrogen-bond donors (Lipinski definition) is 1. The first-order valence-corrected chi connectivity index (χ1v) is 4.85. The van der Waals surface area contributed by atoms with Gasteiger partial charge in [-0.15, -0.1) is 0 Å². The molecule has 1 aromatic rings.